The second kappa shape index (κ2) is 6.20. The van der Waals surface area contributed by atoms with Gasteiger partial charge >= 0.3 is 0 Å². The van der Waals surface area contributed by atoms with E-state index in [0.717, 1.165) is 19.3 Å². The Hall–Kier alpha value is -0.820. The van der Waals surface area contributed by atoms with Crippen molar-refractivity contribution in [3.63, 3.8) is 0 Å². The van der Waals surface area contributed by atoms with Gasteiger partial charge in [-0.3, -0.25) is 0 Å². The van der Waals surface area contributed by atoms with Gasteiger partial charge in [0.25, 0.3) is 0 Å². The zero-order valence-corrected chi connectivity index (χ0v) is 11.7. The highest BCUT2D eigenvalue weighted by molar-refractivity contribution is 5.31. The van der Waals surface area contributed by atoms with Crippen LogP contribution in [0.3, 0.4) is 0 Å². The molecule has 0 spiro atoms. The minimum absolute atomic E-state index is 0.562. The largest absolute Gasteiger partial charge is 0.390 e. The fraction of sp³-hybridized carbons (Fsp3) is 0.625. The monoisotopic (exact) mass is 234 g/mol. The second-order valence-electron chi connectivity index (χ2n) is 5.56. The smallest absolute Gasteiger partial charge is 0.0660 e. The Morgan fingerprint density at radius 1 is 1.18 bits per heavy atom. The van der Waals surface area contributed by atoms with E-state index in [1.165, 1.54) is 29.5 Å². The first kappa shape index (κ1) is 14.2. The van der Waals surface area contributed by atoms with Crippen molar-refractivity contribution >= 4 is 0 Å². The van der Waals surface area contributed by atoms with Gasteiger partial charge in [-0.1, -0.05) is 49.9 Å². The van der Waals surface area contributed by atoms with Gasteiger partial charge < -0.3 is 5.11 Å². The molecule has 0 heterocycles. The first-order valence-electron chi connectivity index (χ1n) is 6.73. The summed E-state index contributed by atoms with van der Waals surface area (Å²) in [5.41, 5.74) is 3.28. The van der Waals surface area contributed by atoms with E-state index in [9.17, 15) is 5.11 Å². The van der Waals surface area contributed by atoms with Crippen molar-refractivity contribution in [1.82, 2.24) is 0 Å². The number of hydrogen-bond donors (Lipinski definition) is 1. The molecule has 0 aromatic heterocycles. The average Bonchev–Trinajstić information content (AvgIpc) is 2.23. The van der Waals surface area contributed by atoms with Crippen LogP contribution in [0.15, 0.2) is 18.2 Å². The summed E-state index contributed by atoms with van der Waals surface area (Å²) in [6.45, 7) is 8.38. The Labute approximate surface area is 106 Å². The van der Waals surface area contributed by atoms with E-state index < -0.39 is 5.60 Å². The topological polar surface area (TPSA) is 20.2 Å². The molecule has 0 fully saturated rings. The third kappa shape index (κ3) is 4.91. The van der Waals surface area contributed by atoms with E-state index in [1.54, 1.807) is 0 Å². The van der Waals surface area contributed by atoms with Crippen LogP contribution < -0.4 is 0 Å². The number of aliphatic hydroxyl groups is 1. The molecule has 1 N–H and O–H groups in total. The molecule has 1 nitrogen and oxygen atoms in total. The third-order valence-corrected chi connectivity index (χ3v) is 3.39. The first-order chi connectivity index (χ1) is 7.94. The molecule has 1 atom stereocenters. The standard InChI is InChI=1S/C16H26O/c1-5-6-7-10-16(4,17)12-15-11-13(2)8-9-14(15)3/h8-9,11,17H,5-7,10,12H2,1-4H3. The number of rotatable bonds is 6. The van der Waals surface area contributed by atoms with E-state index in [1.807, 2.05) is 6.92 Å². The number of unbranched alkanes of at least 4 members (excludes halogenated alkanes) is 2. The summed E-state index contributed by atoms with van der Waals surface area (Å²) in [7, 11) is 0. The molecule has 96 valence electrons. The van der Waals surface area contributed by atoms with Gasteiger partial charge in [0.15, 0.2) is 0 Å². The molecule has 1 unspecified atom stereocenters. The van der Waals surface area contributed by atoms with Crippen LogP contribution in [0, 0.1) is 13.8 Å². The van der Waals surface area contributed by atoms with Gasteiger partial charge in [-0.15, -0.1) is 0 Å². The normalized spacial score (nSPS) is 14.6. The molecule has 1 rings (SSSR count). The van der Waals surface area contributed by atoms with Crippen LogP contribution in [0.25, 0.3) is 0 Å². The summed E-state index contributed by atoms with van der Waals surface area (Å²) >= 11 is 0. The van der Waals surface area contributed by atoms with Crippen LogP contribution in [-0.4, -0.2) is 10.7 Å². The van der Waals surface area contributed by atoms with Crippen molar-refractivity contribution in [2.24, 2.45) is 0 Å². The maximum absolute atomic E-state index is 10.4. The van der Waals surface area contributed by atoms with Crippen molar-refractivity contribution < 1.29 is 5.11 Å². The lowest BCUT2D eigenvalue weighted by molar-refractivity contribution is 0.0484. The lowest BCUT2D eigenvalue weighted by Crippen LogP contribution is -2.27. The van der Waals surface area contributed by atoms with E-state index in [0.29, 0.717) is 0 Å². The first-order valence-corrected chi connectivity index (χ1v) is 6.73. The number of benzene rings is 1. The van der Waals surface area contributed by atoms with Gasteiger partial charge in [0.1, 0.15) is 0 Å². The van der Waals surface area contributed by atoms with Crippen LogP contribution in [-0.2, 0) is 6.42 Å². The zero-order valence-electron chi connectivity index (χ0n) is 11.7. The average molecular weight is 234 g/mol. The van der Waals surface area contributed by atoms with Crippen molar-refractivity contribution in [3.8, 4) is 0 Å². The summed E-state index contributed by atoms with van der Waals surface area (Å²) < 4.78 is 0. The molecule has 0 saturated carbocycles. The molecule has 1 aromatic rings. The molecule has 0 amide bonds. The summed E-state index contributed by atoms with van der Waals surface area (Å²) in [4.78, 5) is 0. The molecule has 0 bridgehead atoms. The zero-order chi connectivity index (χ0) is 12.9. The van der Waals surface area contributed by atoms with Crippen molar-refractivity contribution in [3.05, 3.63) is 34.9 Å². The Bertz CT molecular complexity index is 353. The molecule has 17 heavy (non-hydrogen) atoms. The quantitative estimate of drug-likeness (QED) is 0.732. The molecular weight excluding hydrogens is 208 g/mol. The van der Waals surface area contributed by atoms with Crippen LogP contribution in [0.2, 0.25) is 0 Å². The van der Waals surface area contributed by atoms with Gasteiger partial charge in [0.2, 0.25) is 0 Å². The lowest BCUT2D eigenvalue weighted by Gasteiger charge is -2.24. The minimum atomic E-state index is -0.562. The Balaban J connectivity index is 2.65. The second-order valence-corrected chi connectivity index (χ2v) is 5.56. The summed E-state index contributed by atoms with van der Waals surface area (Å²) in [5, 5.41) is 10.4. The highest BCUT2D eigenvalue weighted by Gasteiger charge is 2.21. The molecule has 0 aliphatic carbocycles. The Morgan fingerprint density at radius 3 is 2.53 bits per heavy atom. The van der Waals surface area contributed by atoms with Crippen LogP contribution in [0.4, 0.5) is 0 Å². The van der Waals surface area contributed by atoms with Gasteiger partial charge in [-0.05, 0) is 38.3 Å². The Morgan fingerprint density at radius 2 is 1.88 bits per heavy atom. The van der Waals surface area contributed by atoms with Crippen LogP contribution in [0.5, 0.6) is 0 Å². The van der Waals surface area contributed by atoms with Crippen LogP contribution >= 0.6 is 0 Å². The number of aryl methyl sites for hydroxylation is 2. The summed E-state index contributed by atoms with van der Waals surface area (Å²) in [6, 6.07) is 6.47. The predicted octanol–water partition coefficient (Wildman–Crippen LogP) is 4.18. The maximum atomic E-state index is 10.4. The number of hydrogen-bond acceptors (Lipinski definition) is 1. The molecule has 1 heteroatoms. The molecule has 1 aromatic carbocycles. The van der Waals surface area contributed by atoms with Gasteiger partial charge in [0.05, 0.1) is 5.60 Å². The maximum Gasteiger partial charge on any atom is 0.0660 e. The predicted molar refractivity (Wildman–Crippen MR) is 74.4 cm³/mol. The lowest BCUT2D eigenvalue weighted by atomic mass is 9.88. The molecule has 0 aliphatic rings. The van der Waals surface area contributed by atoms with E-state index >= 15 is 0 Å². The fourth-order valence-corrected chi connectivity index (χ4v) is 2.25. The molecule has 0 radical (unpaired) electrons. The summed E-state index contributed by atoms with van der Waals surface area (Å²) in [6.07, 6.45) is 5.20. The molecule has 0 saturated heterocycles. The van der Waals surface area contributed by atoms with Crippen molar-refractivity contribution in [1.29, 1.82) is 0 Å². The third-order valence-electron chi connectivity index (χ3n) is 3.39. The highest BCUT2D eigenvalue weighted by atomic mass is 16.3. The van der Waals surface area contributed by atoms with Crippen molar-refractivity contribution in [2.75, 3.05) is 0 Å². The fourth-order valence-electron chi connectivity index (χ4n) is 2.25. The highest BCUT2D eigenvalue weighted by Crippen LogP contribution is 2.22. The molecule has 0 aliphatic heterocycles. The van der Waals surface area contributed by atoms with Gasteiger partial charge in [0, 0.05) is 6.42 Å². The van der Waals surface area contributed by atoms with Gasteiger partial charge in [-0.2, -0.15) is 0 Å². The Kier molecular flexibility index (Phi) is 5.20. The van der Waals surface area contributed by atoms with Gasteiger partial charge in [-0.25, -0.2) is 0 Å². The van der Waals surface area contributed by atoms with E-state index in [-0.39, 0.29) is 0 Å². The van der Waals surface area contributed by atoms with E-state index in [4.69, 9.17) is 0 Å². The van der Waals surface area contributed by atoms with Crippen molar-refractivity contribution in [2.45, 2.75) is 65.4 Å². The van der Waals surface area contributed by atoms with E-state index in [2.05, 4.69) is 39.0 Å². The SMILES string of the molecule is CCCCCC(C)(O)Cc1cc(C)ccc1C. The molecular formula is C16H26O. The minimum Gasteiger partial charge on any atom is -0.390 e. The summed E-state index contributed by atoms with van der Waals surface area (Å²) in [5.74, 6) is 0. The van der Waals surface area contributed by atoms with Crippen LogP contribution in [0.1, 0.15) is 56.2 Å².